The fourth-order valence-electron chi connectivity index (χ4n) is 2.86. The summed E-state index contributed by atoms with van der Waals surface area (Å²) in [6.45, 7) is 16.9. The molecule has 2 saturated heterocycles. The topological polar surface area (TPSA) is 80.0 Å². The third kappa shape index (κ3) is 3.90. The number of cyclic esters (lactones) is 1. The highest BCUT2D eigenvalue weighted by molar-refractivity contribution is 6.47. The number of carbonyl (C=O) groups is 1. The Morgan fingerprint density at radius 3 is 2.15 bits per heavy atom. The van der Waals surface area contributed by atoms with Gasteiger partial charge in [0.2, 0.25) is 5.79 Å². The van der Waals surface area contributed by atoms with Crippen LogP contribution in [-0.2, 0) is 23.6 Å². The van der Waals surface area contributed by atoms with Gasteiger partial charge in [-0.25, -0.2) is 4.79 Å². The Morgan fingerprint density at radius 1 is 1.15 bits per heavy atom. The zero-order valence-corrected chi connectivity index (χ0v) is 16.8. The SMILES string of the molecule is C=C/C(CC(N)B1OC(C)(C)C(C)(C)O1)=C1/OC(C)(C)OC(=O)/C1=C/C. The molecule has 0 radical (unpaired) electrons. The summed E-state index contributed by atoms with van der Waals surface area (Å²) in [6.07, 6.45) is 3.70. The molecule has 1 unspecified atom stereocenters. The number of carbonyl (C=O) groups excluding carboxylic acids is 1. The molecular weight excluding hydrogens is 333 g/mol. The summed E-state index contributed by atoms with van der Waals surface area (Å²) in [6, 6.07) is 0. The molecule has 2 aliphatic rings. The summed E-state index contributed by atoms with van der Waals surface area (Å²) < 4.78 is 23.2. The lowest BCUT2D eigenvalue weighted by atomic mass is 9.75. The molecule has 7 heteroatoms. The van der Waals surface area contributed by atoms with E-state index in [1.54, 1.807) is 32.9 Å². The fraction of sp³-hybridized carbons (Fsp3) is 0.632. The van der Waals surface area contributed by atoms with Crippen molar-refractivity contribution in [1.29, 1.82) is 0 Å². The zero-order chi connectivity index (χ0) is 19.9. The van der Waals surface area contributed by atoms with Gasteiger partial charge in [0, 0.05) is 19.8 Å². The van der Waals surface area contributed by atoms with Crippen LogP contribution in [0.2, 0.25) is 0 Å². The van der Waals surface area contributed by atoms with E-state index in [1.165, 1.54) is 0 Å². The van der Waals surface area contributed by atoms with Gasteiger partial charge < -0.3 is 24.5 Å². The van der Waals surface area contributed by atoms with Crippen LogP contribution in [0.1, 0.15) is 54.9 Å². The van der Waals surface area contributed by atoms with Crippen LogP contribution in [0.4, 0.5) is 0 Å². The van der Waals surface area contributed by atoms with Crippen molar-refractivity contribution in [2.24, 2.45) is 5.73 Å². The average molecular weight is 363 g/mol. The van der Waals surface area contributed by atoms with Gasteiger partial charge in [0.05, 0.1) is 16.8 Å². The van der Waals surface area contributed by atoms with E-state index in [-0.39, 0.29) is 0 Å². The van der Waals surface area contributed by atoms with Crippen LogP contribution >= 0.6 is 0 Å². The molecule has 2 heterocycles. The number of allylic oxidation sites excluding steroid dienone is 2. The second-order valence-electron chi connectivity index (χ2n) is 8.14. The molecule has 2 aliphatic heterocycles. The van der Waals surface area contributed by atoms with Crippen molar-refractivity contribution >= 4 is 13.1 Å². The lowest BCUT2D eigenvalue weighted by molar-refractivity contribution is -0.208. The molecule has 2 fully saturated rings. The first-order valence-corrected chi connectivity index (χ1v) is 8.89. The van der Waals surface area contributed by atoms with Crippen molar-refractivity contribution in [2.45, 2.75) is 77.8 Å². The molecule has 0 aliphatic carbocycles. The normalized spacial score (nSPS) is 28.4. The second kappa shape index (κ2) is 6.87. The van der Waals surface area contributed by atoms with E-state index in [0.29, 0.717) is 23.3 Å². The molecule has 0 bridgehead atoms. The number of esters is 1. The predicted molar refractivity (Wildman–Crippen MR) is 101 cm³/mol. The number of hydrogen-bond acceptors (Lipinski definition) is 6. The van der Waals surface area contributed by atoms with E-state index < -0.39 is 36.0 Å². The number of ether oxygens (including phenoxy) is 2. The zero-order valence-electron chi connectivity index (χ0n) is 16.8. The monoisotopic (exact) mass is 363 g/mol. The maximum absolute atomic E-state index is 12.3. The molecule has 2 rings (SSSR count). The highest BCUT2D eigenvalue weighted by Crippen LogP contribution is 2.39. The van der Waals surface area contributed by atoms with Crippen LogP contribution in [0, 0.1) is 0 Å². The summed E-state index contributed by atoms with van der Waals surface area (Å²) in [4.78, 5) is 12.3. The average Bonchev–Trinajstić information content (AvgIpc) is 2.71. The fourth-order valence-corrected chi connectivity index (χ4v) is 2.86. The van der Waals surface area contributed by atoms with E-state index in [2.05, 4.69) is 6.58 Å². The summed E-state index contributed by atoms with van der Waals surface area (Å²) in [7, 11) is -0.562. The van der Waals surface area contributed by atoms with E-state index >= 15 is 0 Å². The van der Waals surface area contributed by atoms with Crippen LogP contribution in [0.15, 0.2) is 35.6 Å². The standard InChI is InChI=1S/C19H30BNO5/c1-9-12(15-13(10-2)16(22)24-19(7,8)23-15)11-14(21)20-25-17(3,4)18(5,6)26-20/h9-10,14H,1,11,21H2,2-8H3/b13-10+,15-12-. The molecule has 2 N–H and O–H groups in total. The minimum Gasteiger partial charge on any atom is -0.452 e. The lowest BCUT2D eigenvalue weighted by Crippen LogP contribution is -2.42. The largest absolute Gasteiger partial charge is 0.476 e. The van der Waals surface area contributed by atoms with Gasteiger partial charge in [0.15, 0.2) is 0 Å². The third-order valence-electron chi connectivity index (χ3n) is 5.05. The Kier molecular flexibility index (Phi) is 5.48. The van der Waals surface area contributed by atoms with Gasteiger partial charge in [0.1, 0.15) is 5.76 Å². The Labute approximate surface area is 156 Å². The molecule has 0 spiro atoms. The van der Waals surface area contributed by atoms with Crippen molar-refractivity contribution in [3.63, 3.8) is 0 Å². The lowest BCUT2D eigenvalue weighted by Gasteiger charge is -2.34. The van der Waals surface area contributed by atoms with Gasteiger partial charge in [-0.2, -0.15) is 0 Å². The molecule has 144 valence electrons. The van der Waals surface area contributed by atoms with Crippen molar-refractivity contribution in [3.8, 4) is 0 Å². The first-order valence-electron chi connectivity index (χ1n) is 8.89. The van der Waals surface area contributed by atoms with Crippen molar-refractivity contribution in [2.75, 3.05) is 0 Å². The quantitative estimate of drug-likeness (QED) is 0.470. The molecule has 0 amide bonds. The van der Waals surface area contributed by atoms with Gasteiger partial charge in [-0.05, 0) is 46.6 Å². The van der Waals surface area contributed by atoms with Gasteiger partial charge in [-0.3, -0.25) is 0 Å². The maximum atomic E-state index is 12.3. The Bertz CT molecular complexity index is 647. The molecule has 0 aromatic rings. The maximum Gasteiger partial charge on any atom is 0.476 e. The first-order chi connectivity index (χ1) is 11.8. The Hall–Kier alpha value is -1.57. The summed E-state index contributed by atoms with van der Waals surface area (Å²) in [5, 5.41) is 0. The van der Waals surface area contributed by atoms with Gasteiger partial charge in [0.25, 0.3) is 0 Å². The van der Waals surface area contributed by atoms with E-state index in [9.17, 15) is 4.79 Å². The van der Waals surface area contributed by atoms with Crippen molar-refractivity contribution < 1.29 is 23.6 Å². The minimum atomic E-state index is -1.05. The van der Waals surface area contributed by atoms with E-state index in [1.807, 2.05) is 27.7 Å². The molecule has 0 saturated carbocycles. The van der Waals surface area contributed by atoms with Crippen LogP contribution < -0.4 is 5.73 Å². The van der Waals surface area contributed by atoms with E-state index in [4.69, 9.17) is 24.5 Å². The number of hydrogen-bond donors (Lipinski definition) is 1. The number of rotatable bonds is 4. The highest BCUT2D eigenvalue weighted by atomic mass is 16.7. The van der Waals surface area contributed by atoms with Gasteiger partial charge in [-0.1, -0.05) is 18.7 Å². The van der Waals surface area contributed by atoms with Gasteiger partial charge >= 0.3 is 13.1 Å². The van der Waals surface area contributed by atoms with Crippen LogP contribution in [0.5, 0.6) is 0 Å². The van der Waals surface area contributed by atoms with Crippen LogP contribution in [0.25, 0.3) is 0 Å². The van der Waals surface area contributed by atoms with E-state index in [0.717, 1.165) is 0 Å². The third-order valence-corrected chi connectivity index (χ3v) is 5.05. The summed E-state index contributed by atoms with van der Waals surface area (Å²) in [5.74, 6) is -1.49. The summed E-state index contributed by atoms with van der Waals surface area (Å²) in [5.41, 5.74) is 6.52. The molecule has 0 aromatic carbocycles. The summed E-state index contributed by atoms with van der Waals surface area (Å²) >= 11 is 0. The van der Waals surface area contributed by atoms with Crippen molar-refractivity contribution in [3.05, 3.63) is 35.6 Å². The minimum absolute atomic E-state index is 0.361. The molecular formula is C19H30BNO5. The van der Waals surface area contributed by atoms with Crippen molar-refractivity contribution in [1.82, 2.24) is 0 Å². The smallest absolute Gasteiger partial charge is 0.452 e. The van der Waals surface area contributed by atoms with Crippen LogP contribution in [-0.4, -0.2) is 36.0 Å². The van der Waals surface area contributed by atoms with Gasteiger partial charge in [-0.15, -0.1) is 0 Å². The molecule has 6 nitrogen and oxygen atoms in total. The second-order valence-corrected chi connectivity index (χ2v) is 8.14. The molecule has 0 aromatic heterocycles. The predicted octanol–water partition coefficient (Wildman–Crippen LogP) is 3.03. The van der Waals surface area contributed by atoms with Crippen LogP contribution in [0.3, 0.4) is 0 Å². The number of nitrogens with two attached hydrogens (primary N) is 1. The first kappa shape index (κ1) is 20.7. The molecule has 26 heavy (non-hydrogen) atoms. The highest BCUT2D eigenvalue weighted by Gasteiger charge is 2.53. The molecule has 1 atom stereocenters. The Morgan fingerprint density at radius 2 is 1.69 bits per heavy atom. The Balaban J connectivity index is 2.29.